The third-order valence-corrected chi connectivity index (χ3v) is 4.24. The van der Waals surface area contributed by atoms with Crippen LogP contribution in [-0.4, -0.2) is 15.5 Å². The van der Waals surface area contributed by atoms with Crippen LogP contribution in [-0.2, 0) is 10.0 Å². The van der Waals surface area contributed by atoms with Crippen molar-refractivity contribution in [2.45, 2.75) is 4.90 Å². The summed E-state index contributed by atoms with van der Waals surface area (Å²) in [4.78, 5) is -2.07. The molecule has 0 radical (unpaired) electrons. The number of rotatable bonds is 4. The Morgan fingerprint density at radius 3 is 1.84 bits per heavy atom. The summed E-state index contributed by atoms with van der Waals surface area (Å²) in [5.74, 6) is -13.7. The van der Waals surface area contributed by atoms with Gasteiger partial charge in [0.2, 0.25) is 5.82 Å². The van der Waals surface area contributed by atoms with E-state index in [4.69, 9.17) is 0 Å². The molecule has 0 aliphatic rings. The zero-order valence-corrected chi connectivity index (χ0v) is 16.6. The molecule has 1 N–H and O–H groups in total. The molecule has 0 atom stereocenters. The second kappa shape index (κ2) is 8.27. The van der Waals surface area contributed by atoms with E-state index in [1.165, 1.54) is 4.72 Å². The largest absolute Gasteiger partial charge is 1.00 e. The van der Waals surface area contributed by atoms with E-state index >= 15 is 0 Å². The Hall–Kier alpha value is -0.794. The average molecular weight is 411 g/mol. The summed E-state index contributed by atoms with van der Waals surface area (Å²) in [6.07, 6.45) is 0. The zero-order valence-electron chi connectivity index (χ0n) is 13.6. The molecular formula is C13H8F6KNO3S. The maximum atomic E-state index is 13.6. The number of hydrogen-bond acceptors (Lipinski definition) is 3. The quantitative estimate of drug-likeness (QED) is 0.344. The Kier molecular flexibility index (Phi) is 7.36. The predicted octanol–water partition coefficient (Wildman–Crippen LogP) is 0.447. The van der Waals surface area contributed by atoms with Gasteiger partial charge in [0.05, 0.1) is 12.8 Å². The van der Waals surface area contributed by atoms with E-state index in [1.807, 2.05) is 0 Å². The molecule has 0 aromatic heterocycles. The van der Waals surface area contributed by atoms with E-state index in [0.29, 0.717) is 6.07 Å². The Bertz CT molecular complexity index is 900. The number of sulfonamides is 1. The first-order valence-electron chi connectivity index (χ1n) is 5.98. The minimum atomic E-state index is -5.23. The van der Waals surface area contributed by atoms with Crippen LogP contribution in [0.5, 0.6) is 5.75 Å². The molecule has 0 bridgehead atoms. The van der Waals surface area contributed by atoms with Crippen molar-refractivity contribution >= 4 is 15.7 Å². The van der Waals surface area contributed by atoms with Crippen molar-refractivity contribution in [3.63, 3.8) is 0 Å². The van der Waals surface area contributed by atoms with Gasteiger partial charge in [0.25, 0.3) is 10.0 Å². The summed E-state index contributed by atoms with van der Waals surface area (Å²) in [6.45, 7) is 0. The van der Waals surface area contributed by atoms with Gasteiger partial charge in [-0.25, -0.2) is 34.8 Å². The molecule has 12 heteroatoms. The SMILES string of the molecule is COc1ccc(NS(=O)(=O)c2c(F)c(F)c(F)c(F)c2F)cc1F.[H-].[K+]. The van der Waals surface area contributed by atoms with Crippen LogP contribution < -0.4 is 60.8 Å². The molecule has 0 fully saturated rings. The molecule has 132 valence electrons. The van der Waals surface area contributed by atoms with Crippen LogP contribution >= 0.6 is 0 Å². The molecule has 0 unspecified atom stereocenters. The molecule has 0 amide bonds. The fourth-order valence-corrected chi connectivity index (χ4v) is 2.95. The predicted molar refractivity (Wildman–Crippen MR) is 71.1 cm³/mol. The molecular weight excluding hydrogens is 403 g/mol. The van der Waals surface area contributed by atoms with Crippen molar-refractivity contribution in [2.75, 3.05) is 11.8 Å². The van der Waals surface area contributed by atoms with Gasteiger partial charge in [-0.1, -0.05) is 0 Å². The fraction of sp³-hybridized carbons (Fsp3) is 0.0769. The van der Waals surface area contributed by atoms with E-state index < -0.39 is 55.5 Å². The van der Waals surface area contributed by atoms with Gasteiger partial charge in [-0.3, -0.25) is 4.72 Å². The van der Waals surface area contributed by atoms with Gasteiger partial charge in [0.15, 0.2) is 39.7 Å². The Labute approximate surface area is 182 Å². The molecule has 0 heterocycles. The van der Waals surface area contributed by atoms with Crippen LogP contribution in [0.15, 0.2) is 23.1 Å². The van der Waals surface area contributed by atoms with Gasteiger partial charge in [-0.2, -0.15) is 0 Å². The number of halogens is 6. The van der Waals surface area contributed by atoms with E-state index in [2.05, 4.69) is 4.74 Å². The summed E-state index contributed by atoms with van der Waals surface area (Å²) < 4.78 is 110. The number of nitrogens with one attached hydrogen (secondary N) is 1. The third kappa shape index (κ3) is 4.31. The van der Waals surface area contributed by atoms with Gasteiger partial charge in [0.1, 0.15) is 0 Å². The molecule has 0 saturated carbocycles. The van der Waals surface area contributed by atoms with Gasteiger partial charge in [-0.05, 0) is 12.1 Å². The van der Waals surface area contributed by atoms with Gasteiger partial charge >= 0.3 is 51.4 Å². The molecule has 4 nitrogen and oxygen atoms in total. The number of benzene rings is 2. The van der Waals surface area contributed by atoms with Crippen molar-refractivity contribution in [3.8, 4) is 5.75 Å². The van der Waals surface area contributed by atoms with Gasteiger partial charge in [0, 0.05) is 6.07 Å². The summed E-state index contributed by atoms with van der Waals surface area (Å²) in [5, 5.41) is 0. The van der Waals surface area contributed by atoms with Crippen LogP contribution in [0.4, 0.5) is 32.0 Å². The van der Waals surface area contributed by atoms with Crippen molar-refractivity contribution in [3.05, 3.63) is 53.1 Å². The van der Waals surface area contributed by atoms with Gasteiger partial charge in [-0.15, -0.1) is 0 Å². The second-order valence-corrected chi connectivity index (χ2v) is 5.97. The van der Waals surface area contributed by atoms with E-state index in [1.54, 1.807) is 0 Å². The van der Waals surface area contributed by atoms with Crippen molar-refractivity contribution in [1.29, 1.82) is 0 Å². The Morgan fingerprint density at radius 2 is 1.40 bits per heavy atom. The monoisotopic (exact) mass is 411 g/mol. The smallest absolute Gasteiger partial charge is 1.00 e. The molecule has 2 aromatic rings. The third-order valence-electron chi connectivity index (χ3n) is 2.84. The van der Waals surface area contributed by atoms with Crippen LogP contribution in [0.2, 0.25) is 0 Å². The van der Waals surface area contributed by atoms with E-state index in [0.717, 1.165) is 19.2 Å². The molecule has 2 rings (SSSR count). The summed E-state index contributed by atoms with van der Waals surface area (Å²) >= 11 is 0. The first kappa shape index (κ1) is 22.2. The standard InChI is InChI=1S/C13H7F6NO3S.K.H/c1-23-7-3-2-5(4-6(7)14)20-24(21,22)13-11(18)9(16)8(15)10(17)12(13)19;;/h2-4,20H,1H3;;/q;+1;-1. The minimum absolute atomic E-state index is 0. The first-order valence-corrected chi connectivity index (χ1v) is 7.46. The van der Waals surface area contributed by atoms with Crippen molar-refractivity contribution < 1.29 is 92.3 Å². The topological polar surface area (TPSA) is 55.4 Å². The van der Waals surface area contributed by atoms with Crippen LogP contribution in [0, 0.1) is 34.9 Å². The maximum absolute atomic E-state index is 13.6. The number of anilines is 1. The Balaban J connectivity index is 0.00000312. The normalized spacial score (nSPS) is 11.0. The summed E-state index contributed by atoms with van der Waals surface area (Å²) in [7, 11) is -4.09. The number of methoxy groups -OCH3 is 1. The average Bonchev–Trinajstić information content (AvgIpc) is 2.50. The van der Waals surface area contributed by atoms with Crippen LogP contribution in [0.25, 0.3) is 0 Å². The molecule has 0 saturated heterocycles. The van der Waals surface area contributed by atoms with Crippen molar-refractivity contribution in [1.82, 2.24) is 0 Å². The molecule has 0 aliphatic carbocycles. The van der Waals surface area contributed by atoms with Crippen LogP contribution in [0.1, 0.15) is 1.43 Å². The van der Waals surface area contributed by atoms with Gasteiger partial charge < -0.3 is 6.16 Å². The van der Waals surface area contributed by atoms with Crippen LogP contribution in [0.3, 0.4) is 0 Å². The fourth-order valence-electron chi connectivity index (χ4n) is 1.76. The van der Waals surface area contributed by atoms with Crippen molar-refractivity contribution in [2.24, 2.45) is 0 Å². The van der Waals surface area contributed by atoms with E-state index in [-0.39, 0.29) is 58.6 Å². The maximum Gasteiger partial charge on any atom is 1.00 e. The second-order valence-electron chi connectivity index (χ2n) is 4.35. The number of hydrogen-bond donors (Lipinski definition) is 1. The molecule has 0 aliphatic heterocycles. The Morgan fingerprint density at radius 1 is 0.920 bits per heavy atom. The summed E-state index contributed by atoms with van der Waals surface area (Å²) in [6, 6.07) is 2.56. The summed E-state index contributed by atoms with van der Waals surface area (Å²) in [5.41, 5.74) is -0.516. The molecule has 0 spiro atoms. The number of ether oxygens (including phenoxy) is 1. The van der Waals surface area contributed by atoms with E-state index in [9.17, 15) is 34.8 Å². The molecule has 2 aromatic carbocycles. The first-order chi connectivity index (χ1) is 11.1. The zero-order chi connectivity index (χ0) is 18.2. The molecule has 25 heavy (non-hydrogen) atoms. The minimum Gasteiger partial charge on any atom is -1.00 e.